The zero-order valence-corrected chi connectivity index (χ0v) is 13.2. The molecule has 2 heterocycles. The summed E-state index contributed by atoms with van der Waals surface area (Å²) in [4.78, 5) is 25.6. The van der Waals surface area contributed by atoms with Crippen LogP contribution in [-0.4, -0.2) is 25.0 Å². The van der Waals surface area contributed by atoms with E-state index in [1.807, 2.05) is 29.6 Å². The Morgan fingerprint density at radius 1 is 1.27 bits per heavy atom. The van der Waals surface area contributed by atoms with Crippen molar-refractivity contribution in [3.05, 3.63) is 46.5 Å². The summed E-state index contributed by atoms with van der Waals surface area (Å²) in [6, 6.07) is 7.28. The Morgan fingerprint density at radius 3 is 2.77 bits per heavy atom. The number of carbonyl (C=O) groups excluding carboxylic acids is 2. The maximum Gasteiger partial charge on any atom is 0.321 e. The second kappa shape index (κ2) is 8.35. The minimum absolute atomic E-state index is 0.204. The van der Waals surface area contributed by atoms with E-state index < -0.39 is 6.03 Å². The lowest BCUT2D eigenvalue weighted by Crippen LogP contribution is -3.10. The summed E-state index contributed by atoms with van der Waals surface area (Å²) in [6.07, 6.45) is 1.62. The molecule has 7 heteroatoms. The van der Waals surface area contributed by atoms with E-state index in [1.54, 1.807) is 24.5 Å². The summed E-state index contributed by atoms with van der Waals surface area (Å²) in [5.74, 6) is 0.515. The fraction of sp³-hybridized carbons (Fsp3) is 0.333. The molecule has 0 radical (unpaired) electrons. The maximum absolute atomic E-state index is 12.0. The molecular weight excluding hydrogens is 302 g/mol. The Kier molecular flexibility index (Phi) is 6.17. The van der Waals surface area contributed by atoms with E-state index >= 15 is 0 Å². The standard InChI is InChI=1S/C15H19N3O3S/c1-2-16-15(20)17-14(19)11-18(9-12-5-3-7-21-12)10-13-6-4-8-22-13/h3-8H,2,9-11H2,1H3,(H2,16,17,19,20)/p+1. The van der Waals surface area contributed by atoms with Gasteiger partial charge in [-0.05, 0) is 30.5 Å². The number of rotatable bonds is 7. The predicted octanol–water partition coefficient (Wildman–Crippen LogP) is 0.772. The molecule has 0 spiro atoms. The molecule has 0 aliphatic heterocycles. The van der Waals surface area contributed by atoms with Crippen LogP contribution in [0.2, 0.25) is 0 Å². The number of carbonyl (C=O) groups is 2. The van der Waals surface area contributed by atoms with Crippen LogP contribution >= 0.6 is 11.3 Å². The minimum atomic E-state index is -0.457. The van der Waals surface area contributed by atoms with Crippen LogP contribution in [0, 0.1) is 0 Å². The number of amides is 3. The van der Waals surface area contributed by atoms with Gasteiger partial charge in [-0.2, -0.15) is 0 Å². The van der Waals surface area contributed by atoms with Crippen molar-refractivity contribution in [2.45, 2.75) is 20.0 Å². The largest absolute Gasteiger partial charge is 0.463 e. The predicted molar refractivity (Wildman–Crippen MR) is 83.5 cm³/mol. The molecule has 3 amide bonds. The zero-order chi connectivity index (χ0) is 15.8. The van der Waals surface area contributed by atoms with E-state index in [-0.39, 0.29) is 12.5 Å². The van der Waals surface area contributed by atoms with Gasteiger partial charge in [-0.25, -0.2) is 4.79 Å². The van der Waals surface area contributed by atoms with Crippen LogP contribution < -0.4 is 15.5 Å². The normalized spacial score (nSPS) is 11.9. The first kappa shape index (κ1) is 16.3. The maximum atomic E-state index is 12.0. The molecule has 2 rings (SSSR count). The van der Waals surface area contributed by atoms with Crippen LogP contribution in [0.15, 0.2) is 40.3 Å². The van der Waals surface area contributed by atoms with E-state index in [4.69, 9.17) is 4.42 Å². The van der Waals surface area contributed by atoms with E-state index in [2.05, 4.69) is 10.6 Å². The van der Waals surface area contributed by atoms with Crippen LogP contribution in [0.3, 0.4) is 0 Å². The Hall–Kier alpha value is -2.12. The van der Waals surface area contributed by atoms with E-state index in [0.29, 0.717) is 19.6 Å². The highest BCUT2D eigenvalue weighted by molar-refractivity contribution is 7.09. The Morgan fingerprint density at radius 2 is 2.14 bits per heavy atom. The van der Waals surface area contributed by atoms with Gasteiger partial charge in [0.05, 0.1) is 11.1 Å². The summed E-state index contributed by atoms with van der Waals surface area (Å²) >= 11 is 1.65. The second-order valence-electron chi connectivity index (χ2n) is 4.85. The third-order valence-electron chi connectivity index (χ3n) is 3.01. The van der Waals surface area contributed by atoms with Crippen LogP contribution in [0.4, 0.5) is 4.79 Å². The highest BCUT2D eigenvalue weighted by Crippen LogP contribution is 2.06. The molecule has 118 valence electrons. The van der Waals surface area contributed by atoms with Crippen molar-refractivity contribution in [2.24, 2.45) is 0 Å². The van der Waals surface area contributed by atoms with Gasteiger partial charge in [0.1, 0.15) is 13.1 Å². The van der Waals surface area contributed by atoms with Crippen molar-refractivity contribution >= 4 is 23.3 Å². The third-order valence-corrected chi connectivity index (χ3v) is 3.89. The van der Waals surface area contributed by atoms with Crippen LogP contribution in [0.1, 0.15) is 17.6 Å². The van der Waals surface area contributed by atoms with Gasteiger partial charge in [0.15, 0.2) is 12.3 Å². The summed E-state index contributed by atoms with van der Waals surface area (Å²) in [7, 11) is 0. The van der Waals surface area contributed by atoms with Gasteiger partial charge in [0.2, 0.25) is 0 Å². The van der Waals surface area contributed by atoms with Gasteiger partial charge in [0, 0.05) is 6.54 Å². The summed E-state index contributed by atoms with van der Waals surface area (Å²) in [6.45, 7) is 3.79. The lowest BCUT2D eigenvalue weighted by Gasteiger charge is -2.17. The highest BCUT2D eigenvalue weighted by atomic mass is 32.1. The molecule has 0 aliphatic rings. The van der Waals surface area contributed by atoms with Gasteiger partial charge < -0.3 is 14.6 Å². The zero-order valence-electron chi connectivity index (χ0n) is 12.4. The molecule has 0 bridgehead atoms. The van der Waals surface area contributed by atoms with E-state index in [0.717, 1.165) is 10.7 Å². The molecule has 1 unspecified atom stereocenters. The molecule has 0 fully saturated rings. The monoisotopic (exact) mass is 322 g/mol. The van der Waals surface area contributed by atoms with Crippen molar-refractivity contribution in [3.8, 4) is 0 Å². The van der Waals surface area contributed by atoms with Crippen LogP contribution in [0.5, 0.6) is 0 Å². The number of urea groups is 1. The molecule has 3 N–H and O–H groups in total. The van der Waals surface area contributed by atoms with Crippen molar-refractivity contribution < 1.29 is 18.9 Å². The van der Waals surface area contributed by atoms with Crippen molar-refractivity contribution in [2.75, 3.05) is 13.1 Å². The first-order valence-electron chi connectivity index (χ1n) is 7.13. The third kappa shape index (κ3) is 5.34. The first-order chi connectivity index (χ1) is 10.7. The molecule has 0 saturated carbocycles. The number of thiophene rings is 1. The fourth-order valence-electron chi connectivity index (χ4n) is 2.11. The topological polar surface area (TPSA) is 75.8 Å². The van der Waals surface area contributed by atoms with Crippen molar-refractivity contribution in [1.82, 2.24) is 10.6 Å². The first-order valence-corrected chi connectivity index (χ1v) is 8.01. The molecule has 0 aliphatic carbocycles. The van der Waals surface area contributed by atoms with E-state index in [9.17, 15) is 9.59 Å². The molecular formula is C15H20N3O3S+. The average molecular weight is 322 g/mol. The molecule has 2 aromatic rings. The van der Waals surface area contributed by atoms with Crippen molar-refractivity contribution in [3.63, 3.8) is 0 Å². The number of quaternary nitrogens is 1. The van der Waals surface area contributed by atoms with Gasteiger partial charge in [0.25, 0.3) is 5.91 Å². The molecule has 22 heavy (non-hydrogen) atoms. The number of nitrogens with one attached hydrogen (secondary N) is 3. The summed E-state index contributed by atoms with van der Waals surface area (Å²) in [5, 5.41) is 6.89. The van der Waals surface area contributed by atoms with E-state index in [1.165, 1.54) is 4.88 Å². The van der Waals surface area contributed by atoms with Gasteiger partial charge in [-0.15, -0.1) is 11.3 Å². The highest BCUT2D eigenvalue weighted by Gasteiger charge is 2.18. The lowest BCUT2D eigenvalue weighted by molar-refractivity contribution is -0.920. The molecule has 0 aromatic carbocycles. The summed E-state index contributed by atoms with van der Waals surface area (Å²) < 4.78 is 5.36. The fourth-order valence-corrected chi connectivity index (χ4v) is 2.89. The smallest absolute Gasteiger partial charge is 0.321 e. The van der Waals surface area contributed by atoms with Crippen LogP contribution in [0.25, 0.3) is 0 Å². The number of furan rings is 1. The lowest BCUT2D eigenvalue weighted by atomic mass is 10.3. The number of hydrogen-bond donors (Lipinski definition) is 3. The minimum Gasteiger partial charge on any atom is -0.463 e. The quantitative estimate of drug-likeness (QED) is 0.705. The SMILES string of the molecule is CCNC(=O)NC(=O)C[NH+](Cc1ccco1)Cc1cccs1. The van der Waals surface area contributed by atoms with Crippen molar-refractivity contribution in [1.29, 1.82) is 0 Å². The molecule has 6 nitrogen and oxygen atoms in total. The van der Waals surface area contributed by atoms with Gasteiger partial charge in [-0.1, -0.05) is 6.07 Å². The van der Waals surface area contributed by atoms with Gasteiger partial charge in [-0.3, -0.25) is 10.1 Å². The Labute approximate surface area is 133 Å². The number of hydrogen-bond acceptors (Lipinski definition) is 4. The number of imide groups is 1. The summed E-state index contributed by atoms with van der Waals surface area (Å²) in [5.41, 5.74) is 0. The van der Waals surface area contributed by atoms with Crippen LogP contribution in [-0.2, 0) is 17.9 Å². The average Bonchev–Trinajstić information content (AvgIpc) is 3.12. The molecule has 0 saturated heterocycles. The Balaban J connectivity index is 1.94. The molecule has 2 aromatic heterocycles. The molecule has 1 atom stereocenters. The Bertz CT molecular complexity index is 545. The second-order valence-corrected chi connectivity index (χ2v) is 5.88. The van der Waals surface area contributed by atoms with Gasteiger partial charge >= 0.3 is 6.03 Å².